The Labute approximate surface area is 107 Å². The monoisotopic (exact) mass is 251 g/mol. The van der Waals surface area contributed by atoms with Gasteiger partial charge in [0.25, 0.3) is 0 Å². The number of nitrogens with two attached hydrogens (primary N) is 1. The summed E-state index contributed by atoms with van der Waals surface area (Å²) in [5.41, 5.74) is 6.13. The molecule has 0 aromatic carbocycles. The van der Waals surface area contributed by atoms with Crippen LogP contribution in [0.15, 0.2) is 6.07 Å². The maximum Gasteiger partial charge on any atom is 0.222 e. The van der Waals surface area contributed by atoms with Crippen LogP contribution in [0.5, 0.6) is 0 Å². The molecule has 6 heteroatoms. The van der Waals surface area contributed by atoms with Crippen molar-refractivity contribution < 1.29 is 4.79 Å². The third-order valence-electron chi connectivity index (χ3n) is 2.04. The van der Waals surface area contributed by atoms with Gasteiger partial charge in [-0.25, -0.2) is 4.98 Å². The quantitative estimate of drug-likeness (QED) is 0.744. The highest BCUT2D eigenvalue weighted by atomic mass is 16.1. The molecule has 0 atom stereocenters. The van der Waals surface area contributed by atoms with E-state index >= 15 is 0 Å². The summed E-state index contributed by atoms with van der Waals surface area (Å²) in [6, 6.07) is 1.79. The molecule has 0 spiro atoms. The normalized spacial score (nSPS) is 11.1. The predicted molar refractivity (Wildman–Crippen MR) is 72.2 cm³/mol. The zero-order valence-corrected chi connectivity index (χ0v) is 11.4. The number of anilines is 2. The van der Waals surface area contributed by atoms with Gasteiger partial charge in [-0.05, 0) is 27.7 Å². The third kappa shape index (κ3) is 5.47. The van der Waals surface area contributed by atoms with E-state index in [1.807, 2.05) is 27.7 Å². The highest BCUT2D eigenvalue weighted by molar-refractivity contribution is 5.77. The number of hydrogen-bond acceptors (Lipinski definition) is 5. The fourth-order valence-corrected chi connectivity index (χ4v) is 1.47. The van der Waals surface area contributed by atoms with Crippen LogP contribution in [0.2, 0.25) is 0 Å². The molecule has 0 radical (unpaired) electrons. The molecule has 0 aliphatic rings. The molecular weight excluding hydrogens is 230 g/mol. The zero-order valence-electron chi connectivity index (χ0n) is 11.4. The molecule has 6 nitrogen and oxygen atoms in total. The number of nitrogens with one attached hydrogen (secondary N) is 2. The molecule has 0 bridgehead atoms. The third-order valence-corrected chi connectivity index (χ3v) is 2.04. The number of nitrogens with zero attached hydrogens (tertiary/aromatic N) is 2. The standard InChI is InChI=1S/C12H21N5O/c1-8-7-9(16-11(13)15-8)14-6-5-10(18)17-12(2,3)4/h7H,5-6H2,1-4H3,(H,17,18)(H3,13,14,15,16). The van der Waals surface area contributed by atoms with Crippen molar-refractivity contribution in [3.8, 4) is 0 Å². The number of carbonyl (C=O) groups excluding carboxylic acids is 1. The zero-order chi connectivity index (χ0) is 13.8. The van der Waals surface area contributed by atoms with Gasteiger partial charge in [0.05, 0.1) is 0 Å². The van der Waals surface area contributed by atoms with Crippen LogP contribution in [0.3, 0.4) is 0 Å². The van der Waals surface area contributed by atoms with Crippen molar-refractivity contribution in [2.24, 2.45) is 0 Å². The topological polar surface area (TPSA) is 92.9 Å². The number of hydrogen-bond donors (Lipinski definition) is 3. The van der Waals surface area contributed by atoms with Gasteiger partial charge in [-0.3, -0.25) is 4.79 Å². The van der Waals surface area contributed by atoms with Gasteiger partial charge in [-0.1, -0.05) is 0 Å². The number of aromatic nitrogens is 2. The summed E-state index contributed by atoms with van der Waals surface area (Å²) in [6.07, 6.45) is 0.389. The average Bonchev–Trinajstić information content (AvgIpc) is 2.12. The Morgan fingerprint density at radius 2 is 2.06 bits per heavy atom. The predicted octanol–water partition coefficient (Wildman–Crippen LogP) is 1.08. The van der Waals surface area contributed by atoms with E-state index in [0.717, 1.165) is 5.69 Å². The van der Waals surface area contributed by atoms with Crippen LogP contribution in [0, 0.1) is 6.92 Å². The van der Waals surface area contributed by atoms with Crippen LogP contribution in [0.25, 0.3) is 0 Å². The minimum atomic E-state index is -0.201. The molecule has 4 N–H and O–H groups in total. The van der Waals surface area contributed by atoms with E-state index in [0.29, 0.717) is 18.8 Å². The van der Waals surface area contributed by atoms with Gasteiger partial charge >= 0.3 is 0 Å². The van der Waals surface area contributed by atoms with Gasteiger partial charge in [0.15, 0.2) is 0 Å². The van der Waals surface area contributed by atoms with Crippen LogP contribution in [0.4, 0.5) is 11.8 Å². The van der Waals surface area contributed by atoms with E-state index < -0.39 is 0 Å². The molecule has 1 amide bonds. The number of nitrogen functional groups attached to an aromatic ring is 1. The molecule has 0 saturated carbocycles. The lowest BCUT2D eigenvalue weighted by atomic mass is 10.1. The summed E-state index contributed by atoms with van der Waals surface area (Å²) in [4.78, 5) is 19.6. The minimum Gasteiger partial charge on any atom is -0.369 e. The Hall–Kier alpha value is -1.85. The van der Waals surface area contributed by atoms with Gasteiger partial charge in [0, 0.05) is 30.3 Å². The summed E-state index contributed by atoms with van der Waals surface area (Å²) in [5, 5.41) is 5.94. The Kier molecular flexibility index (Phi) is 4.47. The maximum atomic E-state index is 11.6. The molecule has 1 aromatic heterocycles. The van der Waals surface area contributed by atoms with Gasteiger partial charge in [0.1, 0.15) is 5.82 Å². The van der Waals surface area contributed by atoms with E-state index in [-0.39, 0.29) is 17.4 Å². The first-order valence-electron chi connectivity index (χ1n) is 5.92. The van der Waals surface area contributed by atoms with Crippen molar-refractivity contribution in [1.82, 2.24) is 15.3 Å². The van der Waals surface area contributed by atoms with Crippen LogP contribution < -0.4 is 16.4 Å². The highest BCUT2D eigenvalue weighted by Gasteiger charge is 2.13. The largest absolute Gasteiger partial charge is 0.369 e. The minimum absolute atomic E-state index is 0.00810. The Morgan fingerprint density at radius 1 is 1.39 bits per heavy atom. The molecule has 0 unspecified atom stereocenters. The summed E-state index contributed by atoms with van der Waals surface area (Å²) >= 11 is 0. The molecule has 100 valence electrons. The highest BCUT2D eigenvalue weighted by Crippen LogP contribution is 2.07. The Balaban J connectivity index is 2.40. The van der Waals surface area contributed by atoms with Gasteiger partial charge in [0.2, 0.25) is 11.9 Å². The fourth-order valence-electron chi connectivity index (χ4n) is 1.47. The first-order valence-corrected chi connectivity index (χ1v) is 5.92. The molecule has 0 aliphatic heterocycles. The molecule has 1 aromatic rings. The number of carbonyl (C=O) groups is 1. The lowest BCUT2D eigenvalue weighted by Gasteiger charge is -2.20. The van der Waals surface area contributed by atoms with Crippen LogP contribution in [0.1, 0.15) is 32.9 Å². The smallest absolute Gasteiger partial charge is 0.222 e. The summed E-state index contributed by atoms with van der Waals surface area (Å²) in [7, 11) is 0. The van der Waals surface area contributed by atoms with Crippen LogP contribution in [-0.2, 0) is 4.79 Å². The van der Waals surface area contributed by atoms with Crippen molar-refractivity contribution in [3.63, 3.8) is 0 Å². The maximum absolute atomic E-state index is 11.6. The first-order chi connectivity index (χ1) is 8.26. The van der Waals surface area contributed by atoms with Gasteiger partial charge < -0.3 is 16.4 Å². The number of aryl methyl sites for hydroxylation is 1. The van der Waals surface area contributed by atoms with E-state index in [1.54, 1.807) is 6.07 Å². The lowest BCUT2D eigenvalue weighted by Crippen LogP contribution is -2.41. The molecule has 0 aliphatic carbocycles. The van der Waals surface area contributed by atoms with Crippen molar-refractivity contribution in [2.75, 3.05) is 17.6 Å². The Morgan fingerprint density at radius 3 is 2.61 bits per heavy atom. The molecular formula is C12H21N5O. The van der Waals surface area contributed by atoms with Gasteiger partial charge in [-0.15, -0.1) is 0 Å². The molecule has 0 saturated heterocycles. The molecule has 1 rings (SSSR count). The van der Waals surface area contributed by atoms with E-state index in [9.17, 15) is 4.79 Å². The number of amides is 1. The van der Waals surface area contributed by atoms with Crippen molar-refractivity contribution >= 4 is 17.7 Å². The average molecular weight is 251 g/mol. The van der Waals surface area contributed by atoms with E-state index in [2.05, 4.69) is 20.6 Å². The molecule has 0 fully saturated rings. The second-order valence-corrected chi connectivity index (χ2v) is 5.23. The Bertz CT molecular complexity index is 405. The van der Waals surface area contributed by atoms with E-state index in [1.165, 1.54) is 0 Å². The summed E-state index contributed by atoms with van der Waals surface area (Å²) in [5.74, 6) is 0.883. The van der Waals surface area contributed by atoms with Crippen LogP contribution >= 0.6 is 0 Å². The van der Waals surface area contributed by atoms with Crippen molar-refractivity contribution in [1.29, 1.82) is 0 Å². The first kappa shape index (κ1) is 14.2. The second-order valence-electron chi connectivity index (χ2n) is 5.23. The molecule has 18 heavy (non-hydrogen) atoms. The fraction of sp³-hybridized carbons (Fsp3) is 0.583. The van der Waals surface area contributed by atoms with E-state index in [4.69, 9.17) is 5.73 Å². The van der Waals surface area contributed by atoms with Crippen LogP contribution in [-0.4, -0.2) is 28.0 Å². The SMILES string of the molecule is Cc1cc(NCCC(=O)NC(C)(C)C)nc(N)n1. The van der Waals surface area contributed by atoms with Crippen molar-refractivity contribution in [2.45, 2.75) is 39.7 Å². The number of rotatable bonds is 4. The second kappa shape index (κ2) is 5.66. The van der Waals surface area contributed by atoms with Gasteiger partial charge in [-0.2, -0.15) is 4.98 Å². The lowest BCUT2D eigenvalue weighted by molar-refractivity contribution is -0.122. The molecule has 1 heterocycles. The summed E-state index contributed by atoms with van der Waals surface area (Å²) in [6.45, 7) is 8.21. The summed E-state index contributed by atoms with van der Waals surface area (Å²) < 4.78 is 0. The van der Waals surface area contributed by atoms with Crippen molar-refractivity contribution in [3.05, 3.63) is 11.8 Å².